The smallest absolute Gasteiger partial charge is 0.335 e. The summed E-state index contributed by atoms with van der Waals surface area (Å²) in [7, 11) is 0. The molecule has 0 bridgehead atoms. The molecule has 1 N–H and O–H groups in total. The second-order valence-corrected chi connectivity index (χ2v) is 2.78. The van der Waals surface area contributed by atoms with Crippen LogP contribution in [0.4, 0.5) is 11.4 Å². The zero-order chi connectivity index (χ0) is 9.42. The van der Waals surface area contributed by atoms with Gasteiger partial charge in [0.25, 0.3) is 0 Å². The number of hydrogen-bond acceptors (Lipinski definition) is 2. The van der Waals surface area contributed by atoms with E-state index < -0.39 is 5.97 Å². The van der Waals surface area contributed by atoms with E-state index in [0.717, 1.165) is 5.69 Å². The molecule has 0 amide bonds. The molecule has 0 unspecified atom stereocenters. The first-order valence-corrected chi connectivity index (χ1v) is 3.81. The number of amidine groups is 1. The molecule has 0 atom stereocenters. The van der Waals surface area contributed by atoms with Crippen molar-refractivity contribution in [3.05, 3.63) is 23.8 Å². The Hall–Kier alpha value is -1.84. The molecule has 0 fully saturated rings. The lowest BCUT2D eigenvalue weighted by atomic mass is 10.2. The Bertz CT molecular complexity index is 410. The van der Waals surface area contributed by atoms with Crippen molar-refractivity contribution in [3.63, 3.8) is 0 Å². The standard InChI is InChI=1S/C9H7N2O2/c1-5-10-7-3-2-6(9(12)13)4-8(7)11-5/h2-4H,1H3,(H,12,13). The van der Waals surface area contributed by atoms with Crippen molar-refractivity contribution in [1.29, 1.82) is 0 Å². The molecule has 0 saturated carbocycles. The summed E-state index contributed by atoms with van der Waals surface area (Å²) in [4.78, 5) is 14.7. The first-order valence-electron chi connectivity index (χ1n) is 3.81. The first kappa shape index (κ1) is 7.79. The number of fused-ring (bicyclic) bond motifs is 1. The highest BCUT2D eigenvalue weighted by atomic mass is 16.4. The van der Waals surface area contributed by atoms with Gasteiger partial charge in [0.05, 0.1) is 16.9 Å². The summed E-state index contributed by atoms with van der Waals surface area (Å²) in [6.07, 6.45) is 0. The van der Waals surface area contributed by atoms with Crippen LogP contribution in [0.1, 0.15) is 17.3 Å². The summed E-state index contributed by atoms with van der Waals surface area (Å²) in [5.74, 6) is -0.278. The second kappa shape index (κ2) is 2.58. The zero-order valence-corrected chi connectivity index (χ0v) is 6.98. The maximum atomic E-state index is 10.6. The predicted molar refractivity (Wildman–Crippen MR) is 48.0 cm³/mol. The van der Waals surface area contributed by atoms with Gasteiger partial charge in [0.2, 0.25) is 0 Å². The number of carboxylic acids is 1. The number of nitrogens with zero attached hydrogens (tertiary/aromatic N) is 2. The molecule has 1 aliphatic rings. The molecule has 1 heterocycles. The Morgan fingerprint density at radius 3 is 2.85 bits per heavy atom. The van der Waals surface area contributed by atoms with Gasteiger partial charge in [-0.25, -0.2) is 15.1 Å². The van der Waals surface area contributed by atoms with Crippen LogP contribution in [0.25, 0.3) is 0 Å². The molecule has 1 radical (unpaired) electrons. The summed E-state index contributed by atoms with van der Waals surface area (Å²) in [5, 5.41) is 12.8. The number of carbonyl (C=O) groups is 1. The number of rotatable bonds is 1. The Morgan fingerprint density at radius 2 is 2.15 bits per heavy atom. The van der Waals surface area contributed by atoms with Gasteiger partial charge in [0.1, 0.15) is 5.84 Å². The molecular weight excluding hydrogens is 168 g/mol. The third-order valence-electron chi connectivity index (χ3n) is 1.79. The van der Waals surface area contributed by atoms with Crippen LogP contribution >= 0.6 is 0 Å². The third kappa shape index (κ3) is 1.26. The van der Waals surface area contributed by atoms with Crippen LogP contribution < -0.4 is 5.32 Å². The molecular formula is C9H7N2O2. The lowest BCUT2D eigenvalue weighted by Gasteiger charge is -1.97. The largest absolute Gasteiger partial charge is 0.478 e. The zero-order valence-electron chi connectivity index (χ0n) is 6.98. The van der Waals surface area contributed by atoms with E-state index in [-0.39, 0.29) is 5.56 Å². The molecule has 1 aliphatic heterocycles. The van der Waals surface area contributed by atoms with Crippen molar-refractivity contribution in [1.82, 2.24) is 5.32 Å². The van der Waals surface area contributed by atoms with E-state index in [4.69, 9.17) is 5.11 Å². The second-order valence-electron chi connectivity index (χ2n) is 2.78. The van der Waals surface area contributed by atoms with Crippen molar-refractivity contribution in [2.24, 2.45) is 4.99 Å². The fourth-order valence-electron chi connectivity index (χ4n) is 1.21. The molecule has 0 saturated heterocycles. The highest BCUT2D eigenvalue weighted by molar-refractivity contribution is 5.97. The maximum absolute atomic E-state index is 10.6. The summed E-state index contributed by atoms with van der Waals surface area (Å²) in [5.41, 5.74) is 1.62. The molecule has 13 heavy (non-hydrogen) atoms. The summed E-state index contributed by atoms with van der Waals surface area (Å²) < 4.78 is 0. The number of carboxylic acid groups (broad SMARTS) is 1. The predicted octanol–water partition coefficient (Wildman–Crippen LogP) is 1.68. The van der Waals surface area contributed by atoms with Crippen LogP contribution in [0.3, 0.4) is 0 Å². The fourth-order valence-corrected chi connectivity index (χ4v) is 1.21. The topological polar surface area (TPSA) is 63.8 Å². The Labute approximate surface area is 74.9 Å². The summed E-state index contributed by atoms with van der Waals surface area (Å²) in [6.45, 7) is 1.78. The van der Waals surface area contributed by atoms with Gasteiger partial charge in [0.15, 0.2) is 0 Å². The van der Waals surface area contributed by atoms with E-state index in [1.54, 1.807) is 13.0 Å². The molecule has 1 aromatic rings. The van der Waals surface area contributed by atoms with E-state index in [0.29, 0.717) is 11.5 Å². The number of aromatic carboxylic acids is 1. The lowest BCUT2D eigenvalue weighted by molar-refractivity contribution is 0.0697. The lowest BCUT2D eigenvalue weighted by Crippen LogP contribution is -2.00. The van der Waals surface area contributed by atoms with Gasteiger partial charge in [-0.15, -0.1) is 0 Å². The van der Waals surface area contributed by atoms with E-state index in [1.165, 1.54) is 12.1 Å². The monoisotopic (exact) mass is 175 g/mol. The van der Waals surface area contributed by atoms with Crippen LogP contribution in [0, 0.1) is 0 Å². The molecule has 65 valence electrons. The van der Waals surface area contributed by atoms with Gasteiger partial charge in [-0.1, -0.05) is 0 Å². The molecule has 4 nitrogen and oxygen atoms in total. The quantitative estimate of drug-likeness (QED) is 0.705. The van der Waals surface area contributed by atoms with Crippen molar-refractivity contribution >= 4 is 23.2 Å². The molecule has 1 aromatic carbocycles. The van der Waals surface area contributed by atoms with Gasteiger partial charge in [-0.05, 0) is 25.1 Å². The molecule has 0 spiro atoms. The third-order valence-corrected chi connectivity index (χ3v) is 1.79. The summed E-state index contributed by atoms with van der Waals surface area (Å²) >= 11 is 0. The Kier molecular flexibility index (Phi) is 1.55. The minimum Gasteiger partial charge on any atom is -0.478 e. The summed E-state index contributed by atoms with van der Waals surface area (Å²) in [6, 6.07) is 4.72. The van der Waals surface area contributed by atoms with Crippen molar-refractivity contribution in [2.45, 2.75) is 6.92 Å². The number of aliphatic imine (C=N–C) groups is 1. The van der Waals surface area contributed by atoms with Crippen LogP contribution in [0.2, 0.25) is 0 Å². The van der Waals surface area contributed by atoms with Crippen molar-refractivity contribution in [2.75, 3.05) is 0 Å². The minimum atomic E-state index is -0.942. The SMILES string of the molecule is CC1=Nc2ccc(C(=O)O)cc2[N]1. The minimum absolute atomic E-state index is 0.243. The Balaban J connectivity index is 2.45. The van der Waals surface area contributed by atoms with Gasteiger partial charge in [0, 0.05) is 0 Å². The van der Waals surface area contributed by atoms with Crippen molar-refractivity contribution in [3.8, 4) is 0 Å². The molecule has 2 rings (SSSR count). The average molecular weight is 175 g/mol. The van der Waals surface area contributed by atoms with E-state index in [9.17, 15) is 4.79 Å². The molecule has 0 aliphatic carbocycles. The fraction of sp³-hybridized carbons (Fsp3) is 0.111. The van der Waals surface area contributed by atoms with Gasteiger partial charge >= 0.3 is 5.97 Å². The van der Waals surface area contributed by atoms with Crippen molar-refractivity contribution < 1.29 is 9.90 Å². The van der Waals surface area contributed by atoms with Gasteiger partial charge in [-0.3, -0.25) is 0 Å². The highest BCUT2D eigenvalue weighted by Gasteiger charge is 2.14. The Morgan fingerprint density at radius 1 is 1.38 bits per heavy atom. The van der Waals surface area contributed by atoms with Crippen LogP contribution in [0.5, 0.6) is 0 Å². The molecule has 0 aromatic heterocycles. The van der Waals surface area contributed by atoms with Gasteiger partial charge < -0.3 is 5.11 Å². The van der Waals surface area contributed by atoms with Crippen LogP contribution in [0.15, 0.2) is 23.2 Å². The van der Waals surface area contributed by atoms with Crippen LogP contribution in [-0.4, -0.2) is 16.9 Å². The maximum Gasteiger partial charge on any atom is 0.335 e. The van der Waals surface area contributed by atoms with Gasteiger partial charge in [-0.2, -0.15) is 0 Å². The van der Waals surface area contributed by atoms with E-state index >= 15 is 0 Å². The number of hydrogen-bond donors (Lipinski definition) is 1. The van der Waals surface area contributed by atoms with E-state index in [1.807, 2.05) is 0 Å². The van der Waals surface area contributed by atoms with Crippen LogP contribution in [-0.2, 0) is 0 Å². The molecule has 4 heteroatoms. The first-order chi connectivity index (χ1) is 6.16. The number of benzene rings is 1. The average Bonchev–Trinajstić information content (AvgIpc) is 2.42. The highest BCUT2D eigenvalue weighted by Crippen LogP contribution is 2.30. The normalized spacial score (nSPS) is 13.2. The van der Waals surface area contributed by atoms with E-state index in [2.05, 4.69) is 10.3 Å².